The molecule has 0 saturated heterocycles. The minimum atomic E-state index is -0.329. The highest BCUT2D eigenvalue weighted by atomic mass is 35.5. The summed E-state index contributed by atoms with van der Waals surface area (Å²) in [6, 6.07) is 4.49. The fourth-order valence-corrected chi connectivity index (χ4v) is 1.66. The highest BCUT2D eigenvalue weighted by molar-refractivity contribution is 6.35. The fraction of sp³-hybridized carbons (Fsp3) is 0.182. The van der Waals surface area contributed by atoms with E-state index in [1.807, 2.05) is 0 Å². The molecule has 0 aliphatic rings. The van der Waals surface area contributed by atoms with E-state index in [0.717, 1.165) is 0 Å². The van der Waals surface area contributed by atoms with Gasteiger partial charge in [0.2, 0.25) is 0 Å². The van der Waals surface area contributed by atoms with Crippen LogP contribution in [0.5, 0.6) is 0 Å². The van der Waals surface area contributed by atoms with Crippen molar-refractivity contribution in [1.29, 1.82) is 0 Å². The number of halogens is 2. The molecule has 4 N–H and O–H groups in total. The maximum Gasteiger partial charge on any atom is 0.319 e. The Balaban J connectivity index is 2.47. The molecule has 17 heavy (non-hydrogen) atoms. The first kappa shape index (κ1) is 13.8. The molecular formula is C11H13Cl2N3O. The zero-order chi connectivity index (χ0) is 12.7. The number of urea groups is 1. The average molecular weight is 274 g/mol. The first-order chi connectivity index (χ1) is 8.11. The quantitative estimate of drug-likeness (QED) is 0.739. The molecule has 0 spiro atoms. The van der Waals surface area contributed by atoms with E-state index in [-0.39, 0.29) is 6.03 Å². The van der Waals surface area contributed by atoms with Gasteiger partial charge in [-0.2, -0.15) is 0 Å². The Hall–Kier alpha value is -1.23. The van der Waals surface area contributed by atoms with Gasteiger partial charge in [-0.3, -0.25) is 0 Å². The molecule has 0 atom stereocenters. The standard InChI is InChI=1S/C11H13Cl2N3O/c12-8-5-9(13)7-10(6-8)16-11(17)15-4-2-1-3-14/h1-2,5-7H,3-4,14H2,(H2,15,16,17)/b2-1+. The number of benzene rings is 1. The van der Waals surface area contributed by atoms with E-state index in [1.165, 1.54) is 0 Å². The summed E-state index contributed by atoms with van der Waals surface area (Å²) in [6.07, 6.45) is 3.53. The molecule has 0 aliphatic heterocycles. The Labute approximate surface area is 110 Å². The lowest BCUT2D eigenvalue weighted by molar-refractivity contribution is 0.253. The van der Waals surface area contributed by atoms with Gasteiger partial charge in [0.05, 0.1) is 0 Å². The predicted molar refractivity (Wildman–Crippen MR) is 71.7 cm³/mol. The van der Waals surface area contributed by atoms with Gasteiger partial charge in [-0.15, -0.1) is 0 Å². The topological polar surface area (TPSA) is 67.1 Å². The Kier molecular flexibility index (Phi) is 5.83. The van der Waals surface area contributed by atoms with E-state index in [4.69, 9.17) is 28.9 Å². The minimum absolute atomic E-state index is 0.329. The molecule has 1 rings (SSSR count). The molecule has 1 aromatic rings. The lowest BCUT2D eigenvalue weighted by Crippen LogP contribution is -2.28. The van der Waals surface area contributed by atoms with Gasteiger partial charge in [0.25, 0.3) is 0 Å². The maximum absolute atomic E-state index is 11.4. The molecule has 0 heterocycles. The zero-order valence-electron chi connectivity index (χ0n) is 9.04. The van der Waals surface area contributed by atoms with Gasteiger partial charge >= 0.3 is 6.03 Å². The highest BCUT2D eigenvalue weighted by Gasteiger charge is 2.02. The monoisotopic (exact) mass is 273 g/mol. The summed E-state index contributed by atoms with van der Waals surface area (Å²) in [5, 5.41) is 6.18. The van der Waals surface area contributed by atoms with Crippen molar-refractivity contribution in [2.75, 3.05) is 18.4 Å². The number of anilines is 1. The average Bonchev–Trinajstić information content (AvgIpc) is 2.23. The van der Waals surface area contributed by atoms with Crippen molar-refractivity contribution >= 4 is 34.9 Å². The SMILES string of the molecule is NC/C=C/CNC(=O)Nc1cc(Cl)cc(Cl)c1. The predicted octanol–water partition coefficient (Wildman–Crippen LogP) is 2.63. The van der Waals surface area contributed by atoms with Gasteiger partial charge in [0.15, 0.2) is 0 Å². The van der Waals surface area contributed by atoms with Crippen molar-refractivity contribution in [2.45, 2.75) is 0 Å². The first-order valence-corrected chi connectivity index (χ1v) is 5.73. The summed E-state index contributed by atoms with van der Waals surface area (Å²) in [7, 11) is 0. The van der Waals surface area contributed by atoms with Crippen LogP contribution in [0, 0.1) is 0 Å². The zero-order valence-corrected chi connectivity index (χ0v) is 10.6. The summed E-state index contributed by atoms with van der Waals surface area (Å²) in [4.78, 5) is 11.4. The van der Waals surface area contributed by atoms with E-state index >= 15 is 0 Å². The number of carbonyl (C=O) groups excluding carboxylic acids is 1. The summed E-state index contributed by atoms with van der Waals surface area (Å²) in [5.74, 6) is 0. The Morgan fingerprint density at radius 2 is 1.88 bits per heavy atom. The highest BCUT2D eigenvalue weighted by Crippen LogP contribution is 2.22. The van der Waals surface area contributed by atoms with Crippen LogP contribution in [0.1, 0.15) is 0 Å². The maximum atomic E-state index is 11.4. The molecule has 0 unspecified atom stereocenters. The molecule has 0 aromatic heterocycles. The molecule has 6 heteroatoms. The number of carbonyl (C=O) groups is 1. The number of hydrogen-bond acceptors (Lipinski definition) is 2. The summed E-state index contributed by atoms with van der Waals surface area (Å²) >= 11 is 11.6. The molecule has 92 valence electrons. The third kappa shape index (κ3) is 5.58. The van der Waals surface area contributed by atoms with Crippen LogP contribution >= 0.6 is 23.2 Å². The van der Waals surface area contributed by atoms with Crippen LogP contribution in [-0.4, -0.2) is 19.1 Å². The third-order valence-corrected chi connectivity index (χ3v) is 2.24. The number of nitrogens with one attached hydrogen (secondary N) is 2. The number of hydrogen-bond donors (Lipinski definition) is 3. The second kappa shape index (κ2) is 7.17. The van der Waals surface area contributed by atoms with Crippen molar-refractivity contribution in [3.05, 3.63) is 40.4 Å². The normalized spacial score (nSPS) is 10.5. The van der Waals surface area contributed by atoms with Crippen molar-refractivity contribution in [3.8, 4) is 0 Å². The van der Waals surface area contributed by atoms with Gasteiger partial charge in [-0.25, -0.2) is 4.79 Å². The van der Waals surface area contributed by atoms with Crippen LogP contribution in [0.2, 0.25) is 10.0 Å². The second-order valence-electron chi connectivity index (χ2n) is 3.20. The van der Waals surface area contributed by atoms with Gasteiger partial charge in [0.1, 0.15) is 0 Å². The van der Waals surface area contributed by atoms with Crippen LogP contribution < -0.4 is 16.4 Å². The van der Waals surface area contributed by atoms with Crippen LogP contribution in [0.4, 0.5) is 10.5 Å². The molecule has 1 aromatic carbocycles. The van der Waals surface area contributed by atoms with E-state index in [1.54, 1.807) is 30.4 Å². The number of nitrogens with two attached hydrogens (primary N) is 1. The molecule has 0 saturated carbocycles. The molecule has 0 radical (unpaired) electrons. The van der Waals surface area contributed by atoms with Crippen molar-refractivity contribution in [2.24, 2.45) is 5.73 Å². The van der Waals surface area contributed by atoms with Crippen molar-refractivity contribution < 1.29 is 4.79 Å². The van der Waals surface area contributed by atoms with Crippen molar-refractivity contribution in [3.63, 3.8) is 0 Å². The van der Waals surface area contributed by atoms with Crippen molar-refractivity contribution in [1.82, 2.24) is 5.32 Å². The Bertz CT molecular complexity index is 401. The number of amides is 2. The van der Waals surface area contributed by atoms with Crippen LogP contribution in [0.3, 0.4) is 0 Å². The smallest absolute Gasteiger partial charge is 0.319 e. The second-order valence-corrected chi connectivity index (χ2v) is 4.07. The summed E-state index contributed by atoms with van der Waals surface area (Å²) in [6.45, 7) is 0.866. The van der Waals surface area contributed by atoms with E-state index in [9.17, 15) is 4.79 Å². The van der Waals surface area contributed by atoms with Crippen LogP contribution in [0.15, 0.2) is 30.4 Å². The largest absolute Gasteiger partial charge is 0.334 e. The third-order valence-electron chi connectivity index (χ3n) is 1.80. The molecule has 4 nitrogen and oxygen atoms in total. The molecule has 2 amide bonds. The summed E-state index contributed by atoms with van der Waals surface area (Å²) in [5.41, 5.74) is 5.80. The van der Waals surface area contributed by atoms with Gasteiger partial charge < -0.3 is 16.4 Å². The molecule has 0 aliphatic carbocycles. The van der Waals surface area contributed by atoms with Gasteiger partial charge in [-0.05, 0) is 18.2 Å². The molecule has 0 bridgehead atoms. The minimum Gasteiger partial charge on any atom is -0.334 e. The fourth-order valence-electron chi connectivity index (χ4n) is 1.13. The summed E-state index contributed by atoms with van der Waals surface area (Å²) < 4.78 is 0. The lowest BCUT2D eigenvalue weighted by Gasteiger charge is -2.06. The van der Waals surface area contributed by atoms with E-state index in [0.29, 0.717) is 28.8 Å². The van der Waals surface area contributed by atoms with Gasteiger partial charge in [0, 0.05) is 28.8 Å². The lowest BCUT2D eigenvalue weighted by atomic mass is 10.3. The Morgan fingerprint density at radius 1 is 1.24 bits per heavy atom. The number of rotatable bonds is 4. The first-order valence-electron chi connectivity index (χ1n) is 4.98. The molecule has 0 fully saturated rings. The van der Waals surface area contributed by atoms with Crippen LogP contribution in [-0.2, 0) is 0 Å². The van der Waals surface area contributed by atoms with Gasteiger partial charge in [-0.1, -0.05) is 35.4 Å². The molecular weight excluding hydrogens is 261 g/mol. The van der Waals surface area contributed by atoms with E-state index < -0.39 is 0 Å². The Morgan fingerprint density at radius 3 is 2.47 bits per heavy atom. The van der Waals surface area contributed by atoms with E-state index in [2.05, 4.69) is 10.6 Å². The van der Waals surface area contributed by atoms with Crippen LogP contribution in [0.25, 0.3) is 0 Å².